The smallest absolute Gasteiger partial charge is 0.269 e. The second-order valence-electron chi connectivity index (χ2n) is 4.88. The SMILES string of the molecule is COc1cc(N(C)S(=O)(=O)c2ccc([N+](=O)[O-])cc2)c(OC)cc1Cl. The Morgan fingerprint density at radius 2 is 1.64 bits per heavy atom. The fourth-order valence-electron chi connectivity index (χ4n) is 2.12. The summed E-state index contributed by atoms with van der Waals surface area (Å²) in [7, 11) is 0.150. The van der Waals surface area contributed by atoms with E-state index >= 15 is 0 Å². The Balaban J connectivity index is 2.51. The van der Waals surface area contributed by atoms with Crippen LogP contribution in [0.15, 0.2) is 41.3 Å². The zero-order valence-electron chi connectivity index (χ0n) is 13.6. The summed E-state index contributed by atoms with van der Waals surface area (Å²) in [6, 6.07) is 7.47. The van der Waals surface area contributed by atoms with Crippen LogP contribution >= 0.6 is 11.6 Å². The molecule has 0 spiro atoms. The number of nitro benzene ring substituents is 1. The first-order valence-electron chi connectivity index (χ1n) is 6.87. The van der Waals surface area contributed by atoms with E-state index in [1.165, 1.54) is 45.5 Å². The Bertz CT molecular complexity index is 899. The minimum atomic E-state index is -3.97. The molecule has 134 valence electrons. The molecule has 2 rings (SSSR count). The van der Waals surface area contributed by atoms with E-state index in [4.69, 9.17) is 21.1 Å². The summed E-state index contributed by atoms with van der Waals surface area (Å²) in [5.74, 6) is 0.516. The van der Waals surface area contributed by atoms with Crippen molar-refractivity contribution in [1.82, 2.24) is 0 Å². The summed E-state index contributed by atoms with van der Waals surface area (Å²) in [4.78, 5) is 10.0. The van der Waals surface area contributed by atoms with Gasteiger partial charge in [0.15, 0.2) is 0 Å². The lowest BCUT2D eigenvalue weighted by molar-refractivity contribution is -0.384. The number of benzene rings is 2. The fraction of sp³-hybridized carbons (Fsp3) is 0.200. The van der Waals surface area contributed by atoms with Gasteiger partial charge in [-0.05, 0) is 12.1 Å². The number of ether oxygens (including phenoxy) is 2. The molecule has 0 aliphatic rings. The van der Waals surface area contributed by atoms with Gasteiger partial charge in [-0.3, -0.25) is 14.4 Å². The topological polar surface area (TPSA) is 99.0 Å². The van der Waals surface area contributed by atoms with Crippen molar-refractivity contribution in [2.24, 2.45) is 0 Å². The average molecular weight is 387 g/mol. The van der Waals surface area contributed by atoms with Gasteiger partial charge in [-0.15, -0.1) is 0 Å². The molecule has 8 nitrogen and oxygen atoms in total. The Morgan fingerprint density at radius 1 is 1.08 bits per heavy atom. The van der Waals surface area contributed by atoms with Crippen LogP contribution in [0.2, 0.25) is 5.02 Å². The minimum absolute atomic E-state index is 0.100. The molecule has 0 saturated heterocycles. The zero-order valence-corrected chi connectivity index (χ0v) is 15.2. The molecule has 2 aromatic rings. The first kappa shape index (κ1) is 18.8. The summed E-state index contributed by atoms with van der Waals surface area (Å²) in [5, 5.41) is 11.0. The highest BCUT2D eigenvalue weighted by atomic mass is 35.5. The Labute approximate surface area is 149 Å². The number of nitrogens with zero attached hydrogens (tertiary/aromatic N) is 2. The van der Waals surface area contributed by atoms with Crippen molar-refractivity contribution >= 4 is 33.0 Å². The highest BCUT2D eigenvalue weighted by Gasteiger charge is 2.25. The van der Waals surface area contributed by atoms with Crippen LogP contribution in [0.3, 0.4) is 0 Å². The van der Waals surface area contributed by atoms with Gasteiger partial charge in [0.05, 0.1) is 34.7 Å². The molecular formula is C15H15ClN2O6S. The van der Waals surface area contributed by atoms with Gasteiger partial charge >= 0.3 is 0 Å². The quantitative estimate of drug-likeness (QED) is 0.558. The largest absolute Gasteiger partial charge is 0.495 e. The molecular weight excluding hydrogens is 372 g/mol. The molecule has 0 aliphatic carbocycles. The van der Waals surface area contributed by atoms with Gasteiger partial charge in [0.25, 0.3) is 15.7 Å². The van der Waals surface area contributed by atoms with Gasteiger partial charge in [-0.2, -0.15) is 0 Å². The molecule has 0 heterocycles. The second kappa shape index (κ2) is 7.16. The third kappa shape index (κ3) is 3.62. The number of nitro groups is 1. The van der Waals surface area contributed by atoms with Crippen LogP contribution in [0.1, 0.15) is 0 Å². The average Bonchev–Trinajstić information content (AvgIpc) is 2.60. The molecule has 25 heavy (non-hydrogen) atoms. The van der Waals surface area contributed by atoms with Crippen LogP contribution in [0.5, 0.6) is 11.5 Å². The van der Waals surface area contributed by atoms with Crippen molar-refractivity contribution < 1.29 is 22.8 Å². The number of non-ortho nitro benzene ring substituents is 1. The molecule has 0 aliphatic heterocycles. The predicted molar refractivity (Wildman–Crippen MR) is 93.2 cm³/mol. The summed E-state index contributed by atoms with van der Waals surface area (Å²) in [6.45, 7) is 0. The molecule has 0 saturated carbocycles. The molecule has 0 N–H and O–H groups in total. The van der Waals surface area contributed by atoms with Crippen LogP contribution in [-0.2, 0) is 10.0 Å². The third-order valence-electron chi connectivity index (χ3n) is 3.50. The molecule has 0 unspecified atom stereocenters. The zero-order chi connectivity index (χ0) is 18.8. The van der Waals surface area contributed by atoms with Crippen molar-refractivity contribution in [1.29, 1.82) is 0 Å². The molecule has 0 bridgehead atoms. The van der Waals surface area contributed by atoms with Crippen LogP contribution < -0.4 is 13.8 Å². The maximum Gasteiger partial charge on any atom is 0.269 e. The lowest BCUT2D eigenvalue weighted by atomic mass is 10.2. The standard InChI is InChI=1S/C15H15ClN2O6S/c1-17(13-9-14(23-2)12(16)8-15(13)24-3)25(21,22)11-6-4-10(5-7-11)18(19)20/h4-9H,1-3H3. The van der Waals surface area contributed by atoms with Crippen LogP contribution in [0.4, 0.5) is 11.4 Å². The number of sulfonamides is 1. The van der Waals surface area contributed by atoms with Gasteiger partial charge in [-0.1, -0.05) is 11.6 Å². The molecule has 0 aromatic heterocycles. The van der Waals surface area contributed by atoms with E-state index in [1.54, 1.807) is 0 Å². The summed E-state index contributed by atoms with van der Waals surface area (Å²) in [6.07, 6.45) is 0. The molecule has 2 aromatic carbocycles. The maximum absolute atomic E-state index is 12.8. The van der Waals surface area contributed by atoms with Gasteiger partial charge in [0.2, 0.25) is 0 Å². The Morgan fingerprint density at radius 3 is 2.12 bits per heavy atom. The predicted octanol–water partition coefficient (Wildman–Crippen LogP) is 3.09. The van der Waals surface area contributed by atoms with Gasteiger partial charge in [0, 0.05) is 31.3 Å². The monoisotopic (exact) mass is 386 g/mol. The number of anilines is 1. The highest BCUT2D eigenvalue weighted by Crippen LogP contribution is 2.39. The van der Waals surface area contributed by atoms with Gasteiger partial charge in [-0.25, -0.2) is 8.42 Å². The van der Waals surface area contributed by atoms with Crippen molar-refractivity contribution in [3.63, 3.8) is 0 Å². The molecule has 0 radical (unpaired) electrons. The number of methoxy groups -OCH3 is 2. The number of hydrogen-bond acceptors (Lipinski definition) is 6. The van der Waals surface area contributed by atoms with Gasteiger partial charge in [0.1, 0.15) is 11.5 Å². The molecule has 0 amide bonds. The number of hydrogen-bond donors (Lipinski definition) is 0. The normalized spacial score (nSPS) is 11.0. The van der Waals surface area contributed by atoms with Crippen LogP contribution in [0, 0.1) is 10.1 Å². The van der Waals surface area contributed by atoms with Crippen molar-refractivity contribution in [3.8, 4) is 11.5 Å². The maximum atomic E-state index is 12.8. The second-order valence-corrected chi connectivity index (χ2v) is 7.26. The summed E-state index contributed by atoms with van der Waals surface area (Å²) in [5.41, 5.74) is 0.00875. The summed E-state index contributed by atoms with van der Waals surface area (Å²) >= 11 is 6.03. The van der Waals surface area contributed by atoms with E-state index in [-0.39, 0.29) is 32.8 Å². The molecule has 0 fully saturated rings. The van der Waals surface area contributed by atoms with E-state index in [0.29, 0.717) is 0 Å². The van der Waals surface area contributed by atoms with Crippen LogP contribution in [-0.4, -0.2) is 34.6 Å². The molecule has 10 heteroatoms. The lowest BCUT2D eigenvalue weighted by Crippen LogP contribution is -2.27. The highest BCUT2D eigenvalue weighted by molar-refractivity contribution is 7.92. The van der Waals surface area contributed by atoms with Crippen molar-refractivity contribution in [3.05, 3.63) is 51.5 Å². The van der Waals surface area contributed by atoms with E-state index in [1.807, 2.05) is 0 Å². The summed E-state index contributed by atoms with van der Waals surface area (Å²) < 4.78 is 36.9. The Hall–Kier alpha value is -2.52. The van der Waals surface area contributed by atoms with Crippen molar-refractivity contribution in [2.75, 3.05) is 25.6 Å². The first-order valence-corrected chi connectivity index (χ1v) is 8.69. The Kier molecular flexibility index (Phi) is 5.39. The van der Waals surface area contributed by atoms with E-state index in [2.05, 4.69) is 0 Å². The minimum Gasteiger partial charge on any atom is -0.495 e. The van der Waals surface area contributed by atoms with E-state index in [0.717, 1.165) is 16.4 Å². The lowest BCUT2D eigenvalue weighted by Gasteiger charge is -2.22. The number of halogens is 1. The fourth-order valence-corrected chi connectivity index (χ4v) is 3.55. The van der Waals surface area contributed by atoms with E-state index < -0.39 is 14.9 Å². The van der Waals surface area contributed by atoms with Crippen molar-refractivity contribution in [2.45, 2.75) is 4.90 Å². The number of rotatable bonds is 6. The molecule has 0 atom stereocenters. The van der Waals surface area contributed by atoms with E-state index in [9.17, 15) is 18.5 Å². The van der Waals surface area contributed by atoms with Crippen LogP contribution in [0.25, 0.3) is 0 Å². The van der Waals surface area contributed by atoms with Gasteiger partial charge < -0.3 is 9.47 Å². The third-order valence-corrected chi connectivity index (χ3v) is 5.58. The first-order chi connectivity index (χ1) is 11.7.